The number of para-hydroxylation sites is 1. The maximum atomic E-state index is 12.6. The zero-order chi connectivity index (χ0) is 16.6. The van der Waals surface area contributed by atoms with E-state index in [1.807, 2.05) is 6.08 Å². The monoisotopic (exact) mass is 313 g/mol. The summed E-state index contributed by atoms with van der Waals surface area (Å²) in [6, 6.07) is 8.42. The predicted octanol–water partition coefficient (Wildman–Crippen LogP) is 2.11. The molecule has 0 amide bonds. The fourth-order valence-corrected chi connectivity index (χ4v) is 3.68. The minimum Gasteiger partial charge on any atom is -0.347 e. The number of rotatable bonds is 3. The topological polar surface area (TPSA) is 26.8 Å². The van der Waals surface area contributed by atoms with Crippen molar-refractivity contribution in [2.24, 2.45) is 0 Å². The zero-order valence-corrected chi connectivity index (χ0v) is 14.7. The summed E-state index contributed by atoms with van der Waals surface area (Å²) in [5.74, 6) is 0.206. The minimum absolute atomic E-state index is 0.122. The SMILES string of the molecule is CN1CCN(CC(=O)C=C2N(C)c3ccccc3C2(C)C)CC1. The second-order valence-electron chi connectivity index (χ2n) is 7.28. The van der Waals surface area contributed by atoms with E-state index >= 15 is 0 Å². The average molecular weight is 313 g/mol. The van der Waals surface area contributed by atoms with Gasteiger partial charge in [0.2, 0.25) is 0 Å². The van der Waals surface area contributed by atoms with Gasteiger partial charge in [-0.2, -0.15) is 0 Å². The largest absolute Gasteiger partial charge is 0.347 e. The Labute approximate surface area is 139 Å². The third kappa shape index (κ3) is 3.06. The predicted molar refractivity (Wildman–Crippen MR) is 94.9 cm³/mol. The van der Waals surface area contributed by atoms with Gasteiger partial charge in [-0.1, -0.05) is 32.0 Å². The Bertz CT molecular complexity index is 627. The number of hydrogen-bond donors (Lipinski definition) is 0. The first-order chi connectivity index (χ1) is 10.9. The lowest BCUT2D eigenvalue weighted by Crippen LogP contribution is -2.46. The van der Waals surface area contributed by atoms with E-state index in [4.69, 9.17) is 0 Å². The molecule has 4 nitrogen and oxygen atoms in total. The fourth-order valence-electron chi connectivity index (χ4n) is 3.68. The van der Waals surface area contributed by atoms with Crippen LogP contribution in [0.3, 0.4) is 0 Å². The second kappa shape index (κ2) is 6.10. The van der Waals surface area contributed by atoms with Crippen LogP contribution < -0.4 is 4.90 Å². The molecule has 0 radical (unpaired) electrons. The van der Waals surface area contributed by atoms with Gasteiger partial charge in [-0.15, -0.1) is 0 Å². The molecule has 2 aliphatic rings. The van der Waals surface area contributed by atoms with Crippen LogP contribution in [-0.2, 0) is 10.2 Å². The number of anilines is 1. The van der Waals surface area contributed by atoms with Crippen LogP contribution in [0.1, 0.15) is 19.4 Å². The smallest absolute Gasteiger partial charge is 0.171 e. The Kier molecular flexibility index (Phi) is 4.30. The molecule has 0 aromatic heterocycles. The molecule has 0 unspecified atom stereocenters. The summed E-state index contributed by atoms with van der Waals surface area (Å²) >= 11 is 0. The number of nitrogens with zero attached hydrogens (tertiary/aromatic N) is 3. The van der Waals surface area contributed by atoms with E-state index in [9.17, 15) is 4.79 Å². The maximum absolute atomic E-state index is 12.6. The van der Waals surface area contributed by atoms with Crippen LogP contribution in [0.15, 0.2) is 36.0 Å². The Morgan fingerprint density at radius 2 is 1.78 bits per heavy atom. The number of piperazine rings is 1. The van der Waals surface area contributed by atoms with E-state index < -0.39 is 0 Å². The standard InChI is InChI=1S/C19H27N3O/c1-19(2)16-7-5-6-8-17(16)21(4)18(19)13-15(23)14-22-11-9-20(3)10-12-22/h5-8,13H,9-12,14H2,1-4H3. The first-order valence-corrected chi connectivity index (χ1v) is 8.39. The van der Waals surface area contributed by atoms with Gasteiger partial charge in [0.15, 0.2) is 5.78 Å². The number of ketones is 1. The third-order valence-electron chi connectivity index (χ3n) is 5.21. The molecule has 2 aliphatic heterocycles. The summed E-state index contributed by atoms with van der Waals surface area (Å²) in [5.41, 5.74) is 3.47. The average Bonchev–Trinajstić information content (AvgIpc) is 2.71. The van der Waals surface area contributed by atoms with E-state index in [2.05, 4.69) is 66.9 Å². The van der Waals surface area contributed by atoms with Gasteiger partial charge in [0.05, 0.1) is 6.54 Å². The van der Waals surface area contributed by atoms with Crippen molar-refractivity contribution in [1.82, 2.24) is 9.80 Å². The van der Waals surface area contributed by atoms with Crippen LogP contribution in [-0.4, -0.2) is 62.4 Å². The normalized spacial score (nSPS) is 23.3. The highest BCUT2D eigenvalue weighted by Gasteiger charge is 2.38. The van der Waals surface area contributed by atoms with Crippen LogP contribution in [0.4, 0.5) is 5.69 Å². The van der Waals surface area contributed by atoms with Gasteiger partial charge in [-0.25, -0.2) is 0 Å². The Balaban J connectivity index is 1.76. The Morgan fingerprint density at radius 3 is 2.43 bits per heavy atom. The van der Waals surface area contributed by atoms with Crippen LogP contribution in [0, 0.1) is 0 Å². The number of hydrogen-bond acceptors (Lipinski definition) is 4. The molecule has 2 heterocycles. The number of carbonyl (C=O) groups excluding carboxylic acids is 1. The molecule has 124 valence electrons. The summed E-state index contributed by atoms with van der Waals surface area (Å²) in [5, 5.41) is 0. The Morgan fingerprint density at radius 1 is 1.13 bits per heavy atom. The fraction of sp³-hybridized carbons (Fsp3) is 0.526. The van der Waals surface area contributed by atoms with Gasteiger partial charge in [-0.05, 0) is 18.7 Å². The zero-order valence-electron chi connectivity index (χ0n) is 14.7. The molecule has 0 bridgehead atoms. The van der Waals surface area contributed by atoms with Crippen molar-refractivity contribution < 1.29 is 4.79 Å². The van der Waals surface area contributed by atoms with Crippen LogP contribution in [0.2, 0.25) is 0 Å². The van der Waals surface area contributed by atoms with E-state index in [0.717, 1.165) is 31.9 Å². The van der Waals surface area contributed by atoms with E-state index in [0.29, 0.717) is 6.54 Å². The molecule has 3 rings (SSSR count). The van der Waals surface area contributed by atoms with Crippen molar-refractivity contribution in [1.29, 1.82) is 0 Å². The van der Waals surface area contributed by atoms with Crippen molar-refractivity contribution in [2.75, 3.05) is 51.7 Å². The summed E-state index contributed by atoms with van der Waals surface area (Å²) in [6.45, 7) is 8.96. The molecule has 0 saturated carbocycles. The molecular weight excluding hydrogens is 286 g/mol. The summed E-state index contributed by atoms with van der Waals surface area (Å²) in [7, 11) is 4.19. The third-order valence-corrected chi connectivity index (χ3v) is 5.21. The molecular formula is C19H27N3O. The van der Waals surface area contributed by atoms with Crippen molar-refractivity contribution in [3.8, 4) is 0 Å². The lowest BCUT2D eigenvalue weighted by atomic mass is 9.83. The van der Waals surface area contributed by atoms with Gasteiger partial charge in [0.1, 0.15) is 0 Å². The summed E-state index contributed by atoms with van der Waals surface area (Å²) < 4.78 is 0. The van der Waals surface area contributed by atoms with Crippen LogP contribution >= 0.6 is 0 Å². The molecule has 1 fully saturated rings. The maximum Gasteiger partial charge on any atom is 0.171 e. The van der Waals surface area contributed by atoms with Crippen molar-refractivity contribution in [3.63, 3.8) is 0 Å². The molecule has 23 heavy (non-hydrogen) atoms. The molecule has 0 N–H and O–H groups in total. The van der Waals surface area contributed by atoms with Gasteiger partial charge < -0.3 is 9.80 Å². The first kappa shape index (κ1) is 16.2. The lowest BCUT2D eigenvalue weighted by Gasteiger charge is -2.31. The van der Waals surface area contributed by atoms with Crippen molar-refractivity contribution in [3.05, 3.63) is 41.6 Å². The molecule has 1 aromatic rings. The van der Waals surface area contributed by atoms with E-state index in [1.54, 1.807) is 0 Å². The van der Waals surface area contributed by atoms with E-state index in [-0.39, 0.29) is 11.2 Å². The van der Waals surface area contributed by atoms with Gasteiger partial charge in [0.25, 0.3) is 0 Å². The molecule has 4 heteroatoms. The van der Waals surface area contributed by atoms with Gasteiger partial charge >= 0.3 is 0 Å². The van der Waals surface area contributed by atoms with Crippen LogP contribution in [0.25, 0.3) is 0 Å². The van der Waals surface area contributed by atoms with Crippen LogP contribution in [0.5, 0.6) is 0 Å². The lowest BCUT2D eigenvalue weighted by molar-refractivity contribution is -0.116. The molecule has 0 aliphatic carbocycles. The summed E-state index contributed by atoms with van der Waals surface area (Å²) in [4.78, 5) is 19.3. The molecule has 1 saturated heterocycles. The first-order valence-electron chi connectivity index (χ1n) is 8.39. The molecule has 0 atom stereocenters. The Hall–Kier alpha value is -1.65. The minimum atomic E-state index is -0.122. The van der Waals surface area contributed by atoms with Crippen molar-refractivity contribution in [2.45, 2.75) is 19.3 Å². The molecule has 0 spiro atoms. The second-order valence-corrected chi connectivity index (χ2v) is 7.28. The number of allylic oxidation sites excluding steroid dienone is 1. The molecule has 1 aromatic carbocycles. The highest BCUT2D eigenvalue weighted by molar-refractivity contribution is 5.94. The number of likely N-dealkylation sites (N-methyl/N-ethyl adjacent to an activating group) is 2. The highest BCUT2D eigenvalue weighted by atomic mass is 16.1. The number of carbonyl (C=O) groups is 1. The van der Waals surface area contributed by atoms with Gasteiger partial charge in [0, 0.05) is 56.1 Å². The highest BCUT2D eigenvalue weighted by Crippen LogP contribution is 2.46. The van der Waals surface area contributed by atoms with Crippen molar-refractivity contribution >= 4 is 11.5 Å². The quantitative estimate of drug-likeness (QED) is 0.799. The number of fused-ring (bicyclic) bond motifs is 1. The number of benzene rings is 1. The van der Waals surface area contributed by atoms with E-state index in [1.165, 1.54) is 11.3 Å². The van der Waals surface area contributed by atoms with Gasteiger partial charge in [-0.3, -0.25) is 9.69 Å². The summed E-state index contributed by atoms with van der Waals surface area (Å²) in [6.07, 6.45) is 1.86.